The Morgan fingerprint density at radius 3 is 2.79 bits per heavy atom. The van der Waals surface area contributed by atoms with Crippen molar-refractivity contribution in [1.82, 2.24) is 5.32 Å². The average Bonchev–Trinajstić information content (AvgIpc) is 2.61. The third-order valence-corrected chi connectivity index (χ3v) is 3.56. The Bertz CT molecular complexity index is 758. The highest BCUT2D eigenvalue weighted by atomic mass is 19.1. The van der Waals surface area contributed by atoms with Crippen LogP contribution in [-0.2, 0) is 0 Å². The van der Waals surface area contributed by atoms with Crippen LogP contribution in [0, 0.1) is 5.82 Å². The molecule has 0 fully saturated rings. The van der Waals surface area contributed by atoms with Crippen LogP contribution in [0.15, 0.2) is 48.5 Å². The third kappa shape index (κ3) is 4.13. The molecule has 1 amide bonds. The fourth-order valence-electron chi connectivity index (χ4n) is 2.38. The Balaban J connectivity index is 1.48. The maximum absolute atomic E-state index is 13.1. The molecule has 0 bridgehead atoms. The lowest BCUT2D eigenvalue weighted by atomic mass is 10.1. The van der Waals surface area contributed by atoms with Gasteiger partial charge in [-0.05, 0) is 42.3 Å². The summed E-state index contributed by atoms with van der Waals surface area (Å²) in [6.07, 6.45) is 4.61. The number of benzene rings is 2. The fourth-order valence-corrected chi connectivity index (χ4v) is 2.38. The van der Waals surface area contributed by atoms with Crippen LogP contribution < -0.4 is 14.8 Å². The lowest BCUT2D eigenvalue weighted by Gasteiger charge is -2.18. The molecule has 0 aromatic heterocycles. The van der Waals surface area contributed by atoms with E-state index in [2.05, 4.69) is 5.32 Å². The lowest BCUT2D eigenvalue weighted by Crippen LogP contribution is -2.24. The van der Waals surface area contributed by atoms with Crippen molar-refractivity contribution in [1.29, 1.82) is 0 Å². The van der Waals surface area contributed by atoms with E-state index in [-0.39, 0.29) is 5.91 Å². The summed E-state index contributed by atoms with van der Waals surface area (Å²) in [5.41, 5.74) is 1.33. The predicted octanol–water partition coefficient (Wildman–Crippen LogP) is 3.43. The lowest BCUT2D eigenvalue weighted by molar-refractivity contribution is 0.0954. The summed E-state index contributed by atoms with van der Waals surface area (Å²) in [6.45, 7) is 1.62. The molecule has 24 heavy (non-hydrogen) atoms. The minimum Gasteiger partial charge on any atom is -0.486 e. The fraction of sp³-hybridized carbons (Fsp3) is 0.211. The van der Waals surface area contributed by atoms with Gasteiger partial charge in [0.2, 0.25) is 0 Å². The molecule has 1 aliphatic rings. The van der Waals surface area contributed by atoms with Gasteiger partial charge in [-0.2, -0.15) is 0 Å². The van der Waals surface area contributed by atoms with Gasteiger partial charge in [0.1, 0.15) is 19.0 Å². The number of hydrogen-bond donors (Lipinski definition) is 1. The first-order chi connectivity index (χ1) is 11.7. The second-order valence-electron chi connectivity index (χ2n) is 5.36. The number of fused-ring (bicyclic) bond motifs is 1. The molecule has 2 aromatic carbocycles. The number of nitrogens with one attached hydrogen (secondary N) is 1. The summed E-state index contributed by atoms with van der Waals surface area (Å²) in [4.78, 5) is 11.9. The summed E-state index contributed by atoms with van der Waals surface area (Å²) in [5, 5.41) is 2.76. The van der Waals surface area contributed by atoms with Crippen molar-refractivity contribution < 1.29 is 18.7 Å². The minimum atomic E-state index is -0.416. The quantitative estimate of drug-likeness (QED) is 0.856. The number of amides is 1. The Morgan fingerprint density at radius 1 is 1.12 bits per heavy atom. The van der Waals surface area contributed by atoms with Gasteiger partial charge >= 0.3 is 0 Å². The van der Waals surface area contributed by atoms with E-state index in [0.29, 0.717) is 31.7 Å². The summed E-state index contributed by atoms with van der Waals surface area (Å²) < 4.78 is 24.1. The second kappa shape index (κ2) is 7.64. The Hall–Kier alpha value is -2.82. The molecule has 0 spiro atoms. The Morgan fingerprint density at radius 2 is 1.96 bits per heavy atom. The first-order valence-corrected chi connectivity index (χ1v) is 7.82. The van der Waals surface area contributed by atoms with Crippen molar-refractivity contribution in [3.8, 4) is 11.5 Å². The number of hydrogen-bond acceptors (Lipinski definition) is 3. The van der Waals surface area contributed by atoms with Crippen molar-refractivity contribution in [2.45, 2.75) is 6.42 Å². The smallest absolute Gasteiger partial charge is 0.251 e. The van der Waals surface area contributed by atoms with Crippen LogP contribution >= 0.6 is 0 Å². The number of halogens is 1. The minimum absolute atomic E-state index is 0.276. The monoisotopic (exact) mass is 327 g/mol. The van der Waals surface area contributed by atoms with Crippen molar-refractivity contribution in [3.63, 3.8) is 0 Å². The van der Waals surface area contributed by atoms with Crippen LogP contribution in [0.5, 0.6) is 11.5 Å². The maximum Gasteiger partial charge on any atom is 0.251 e. The molecule has 0 aliphatic carbocycles. The van der Waals surface area contributed by atoms with Gasteiger partial charge in [0.25, 0.3) is 5.91 Å². The third-order valence-electron chi connectivity index (χ3n) is 3.56. The molecule has 1 aliphatic heterocycles. The Labute approximate surface area is 139 Å². The SMILES string of the molecule is O=C(NCC/C=C/c1ccc2c(c1)OCCO2)c1cccc(F)c1. The van der Waals surface area contributed by atoms with Crippen molar-refractivity contribution >= 4 is 12.0 Å². The predicted molar refractivity (Wildman–Crippen MR) is 89.8 cm³/mol. The van der Waals surface area contributed by atoms with E-state index in [4.69, 9.17) is 9.47 Å². The van der Waals surface area contributed by atoms with Crippen LogP contribution in [0.1, 0.15) is 22.3 Å². The summed E-state index contributed by atoms with van der Waals surface area (Å²) in [7, 11) is 0. The van der Waals surface area contributed by atoms with Gasteiger partial charge in [0.05, 0.1) is 0 Å². The molecule has 0 saturated carbocycles. The van der Waals surface area contributed by atoms with Crippen LogP contribution in [0.3, 0.4) is 0 Å². The molecule has 0 unspecified atom stereocenters. The molecule has 1 N–H and O–H groups in total. The molecule has 5 heteroatoms. The van der Waals surface area contributed by atoms with Gasteiger partial charge in [-0.15, -0.1) is 0 Å². The molecule has 2 aromatic rings. The zero-order chi connectivity index (χ0) is 16.8. The van der Waals surface area contributed by atoms with E-state index >= 15 is 0 Å². The van der Waals surface area contributed by atoms with Crippen LogP contribution in [-0.4, -0.2) is 25.7 Å². The molecule has 4 nitrogen and oxygen atoms in total. The number of ether oxygens (including phenoxy) is 2. The summed E-state index contributed by atoms with van der Waals surface area (Å²) in [6, 6.07) is 11.4. The van der Waals surface area contributed by atoms with Crippen molar-refractivity contribution in [2.75, 3.05) is 19.8 Å². The second-order valence-corrected chi connectivity index (χ2v) is 5.36. The summed E-state index contributed by atoms with van der Waals surface area (Å²) >= 11 is 0. The van der Waals surface area contributed by atoms with Gasteiger partial charge in [-0.1, -0.05) is 24.3 Å². The van der Waals surface area contributed by atoms with Crippen LogP contribution in [0.25, 0.3) is 6.08 Å². The molecule has 3 rings (SSSR count). The number of carbonyl (C=O) groups is 1. The van der Waals surface area contributed by atoms with E-state index in [1.54, 1.807) is 6.07 Å². The highest BCUT2D eigenvalue weighted by Crippen LogP contribution is 2.31. The molecule has 124 valence electrons. The van der Waals surface area contributed by atoms with E-state index in [1.165, 1.54) is 18.2 Å². The molecule has 0 radical (unpaired) electrons. The highest BCUT2D eigenvalue weighted by Gasteiger charge is 2.10. The van der Waals surface area contributed by atoms with E-state index < -0.39 is 5.82 Å². The van der Waals surface area contributed by atoms with Gasteiger partial charge < -0.3 is 14.8 Å². The van der Waals surface area contributed by atoms with Crippen molar-refractivity contribution in [2.24, 2.45) is 0 Å². The largest absolute Gasteiger partial charge is 0.486 e. The van der Waals surface area contributed by atoms with E-state index in [1.807, 2.05) is 30.4 Å². The standard InChI is InChI=1S/C19H18FNO3/c20-16-6-3-5-15(13-16)19(22)21-9-2-1-4-14-7-8-17-18(12-14)24-11-10-23-17/h1,3-8,12-13H,2,9-11H2,(H,21,22)/b4-1+. The topological polar surface area (TPSA) is 47.6 Å². The zero-order valence-electron chi connectivity index (χ0n) is 13.1. The van der Waals surface area contributed by atoms with Gasteiger partial charge in [-0.25, -0.2) is 4.39 Å². The van der Waals surface area contributed by atoms with Gasteiger partial charge in [0, 0.05) is 12.1 Å². The van der Waals surface area contributed by atoms with Crippen LogP contribution in [0.2, 0.25) is 0 Å². The molecular weight excluding hydrogens is 309 g/mol. The Kier molecular flexibility index (Phi) is 5.11. The summed E-state index contributed by atoms with van der Waals surface area (Å²) in [5.74, 6) is 0.826. The molecule has 0 atom stereocenters. The number of carbonyl (C=O) groups excluding carboxylic acids is 1. The van der Waals surface area contributed by atoms with Crippen LogP contribution in [0.4, 0.5) is 4.39 Å². The average molecular weight is 327 g/mol. The molecule has 0 saturated heterocycles. The van der Waals surface area contributed by atoms with Gasteiger partial charge in [-0.3, -0.25) is 4.79 Å². The van der Waals surface area contributed by atoms with Crippen molar-refractivity contribution in [3.05, 3.63) is 65.5 Å². The first kappa shape index (κ1) is 16.1. The van der Waals surface area contributed by atoms with E-state index in [0.717, 1.165) is 17.1 Å². The molecular formula is C19H18FNO3. The maximum atomic E-state index is 13.1. The van der Waals surface area contributed by atoms with Gasteiger partial charge in [0.15, 0.2) is 11.5 Å². The molecule has 1 heterocycles. The zero-order valence-corrected chi connectivity index (χ0v) is 13.1. The number of rotatable bonds is 5. The normalized spacial score (nSPS) is 13.0. The first-order valence-electron chi connectivity index (χ1n) is 7.82. The highest BCUT2D eigenvalue weighted by molar-refractivity contribution is 5.94. The van der Waals surface area contributed by atoms with E-state index in [9.17, 15) is 9.18 Å².